The van der Waals surface area contributed by atoms with Crippen molar-refractivity contribution in [3.05, 3.63) is 107 Å². The van der Waals surface area contributed by atoms with E-state index in [1.54, 1.807) is 30.6 Å². The molecule has 1 saturated heterocycles. The predicted octanol–water partition coefficient (Wildman–Crippen LogP) is 5.12. The van der Waals surface area contributed by atoms with Gasteiger partial charge in [-0.25, -0.2) is 0 Å². The summed E-state index contributed by atoms with van der Waals surface area (Å²) in [6, 6.07) is 23.3. The highest BCUT2D eigenvalue weighted by atomic mass is 16.2. The Kier molecular flexibility index (Phi) is 6.57. The molecule has 3 amide bonds. The van der Waals surface area contributed by atoms with Crippen molar-refractivity contribution < 1.29 is 14.4 Å². The molecule has 39 heavy (non-hydrogen) atoms. The summed E-state index contributed by atoms with van der Waals surface area (Å²) >= 11 is 0. The number of rotatable bonds is 6. The molecule has 0 bridgehead atoms. The minimum absolute atomic E-state index is 0.00873. The van der Waals surface area contributed by atoms with Gasteiger partial charge < -0.3 is 10.2 Å². The van der Waals surface area contributed by atoms with Gasteiger partial charge in [-0.05, 0) is 65.9 Å². The number of carbonyl (C=O) groups excluding carboxylic acids is 3. The van der Waals surface area contributed by atoms with Crippen molar-refractivity contribution >= 4 is 34.2 Å². The molecule has 0 saturated carbocycles. The molecule has 196 valence electrons. The van der Waals surface area contributed by atoms with Crippen LogP contribution in [0.15, 0.2) is 85.2 Å². The average Bonchev–Trinajstić information content (AvgIpc) is 3.22. The van der Waals surface area contributed by atoms with Crippen molar-refractivity contribution in [2.45, 2.75) is 32.4 Å². The maximum absolute atomic E-state index is 13.5. The van der Waals surface area contributed by atoms with Gasteiger partial charge in [-0.1, -0.05) is 48.5 Å². The first-order valence-corrected chi connectivity index (χ1v) is 13.4. The number of imide groups is 1. The van der Waals surface area contributed by atoms with Gasteiger partial charge in [-0.3, -0.25) is 24.3 Å². The van der Waals surface area contributed by atoms with E-state index < -0.39 is 0 Å². The molecule has 7 heteroatoms. The molecular formula is C32H30N4O3. The highest BCUT2D eigenvalue weighted by Crippen LogP contribution is 2.35. The standard InChI is InChI=1S/C32H30N4O3/c1-21(25-11-4-8-23-7-2-3-10-26(23)25)34-30(37)24-9-6-18-35(20-24)28-13-5-12-27-29(28)32(39)36(31(27)38)19-22-14-16-33-17-15-22/h2-5,7-8,10-17,21,24H,6,9,18-20H2,1H3,(H,34,37)/t21-,24-/m0/s1. The largest absolute Gasteiger partial charge is 0.370 e. The van der Waals surface area contributed by atoms with Crippen LogP contribution in [0.3, 0.4) is 0 Å². The molecule has 1 fully saturated rings. The van der Waals surface area contributed by atoms with Crippen molar-refractivity contribution in [1.29, 1.82) is 0 Å². The van der Waals surface area contributed by atoms with E-state index in [4.69, 9.17) is 0 Å². The number of hydrogen-bond acceptors (Lipinski definition) is 5. The Morgan fingerprint density at radius 3 is 2.59 bits per heavy atom. The number of nitrogens with one attached hydrogen (secondary N) is 1. The van der Waals surface area contributed by atoms with E-state index in [1.807, 2.05) is 37.3 Å². The maximum Gasteiger partial charge on any atom is 0.263 e. The van der Waals surface area contributed by atoms with Crippen LogP contribution in [-0.4, -0.2) is 40.7 Å². The fourth-order valence-electron chi connectivity index (χ4n) is 5.84. The molecule has 1 aromatic heterocycles. The van der Waals surface area contributed by atoms with Crippen LogP contribution in [0, 0.1) is 5.92 Å². The minimum atomic E-state index is -0.293. The molecule has 4 aromatic rings. The summed E-state index contributed by atoms with van der Waals surface area (Å²) in [7, 11) is 0. The van der Waals surface area contributed by atoms with Gasteiger partial charge in [0.15, 0.2) is 0 Å². The average molecular weight is 519 g/mol. The number of nitrogens with zero attached hydrogens (tertiary/aromatic N) is 3. The Balaban J connectivity index is 1.19. The Morgan fingerprint density at radius 2 is 1.74 bits per heavy atom. The maximum atomic E-state index is 13.5. The summed E-state index contributed by atoms with van der Waals surface area (Å²) in [6.07, 6.45) is 4.91. The van der Waals surface area contributed by atoms with Crippen molar-refractivity contribution in [2.24, 2.45) is 5.92 Å². The summed E-state index contributed by atoms with van der Waals surface area (Å²) in [4.78, 5) is 47.5. The van der Waals surface area contributed by atoms with Gasteiger partial charge in [-0.2, -0.15) is 0 Å². The van der Waals surface area contributed by atoms with Crippen LogP contribution in [0.25, 0.3) is 10.8 Å². The molecule has 0 radical (unpaired) electrons. The van der Waals surface area contributed by atoms with Gasteiger partial charge in [0.1, 0.15) is 0 Å². The second-order valence-electron chi connectivity index (χ2n) is 10.3. The van der Waals surface area contributed by atoms with Crippen molar-refractivity contribution in [3.8, 4) is 0 Å². The smallest absolute Gasteiger partial charge is 0.263 e. The van der Waals surface area contributed by atoms with Crippen LogP contribution >= 0.6 is 0 Å². The van der Waals surface area contributed by atoms with Gasteiger partial charge in [0, 0.05) is 25.5 Å². The number of amides is 3. The predicted molar refractivity (Wildman–Crippen MR) is 150 cm³/mol. The lowest BCUT2D eigenvalue weighted by atomic mass is 9.94. The fourth-order valence-corrected chi connectivity index (χ4v) is 5.84. The molecule has 0 aliphatic carbocycles. The van der Waals surface area contributed by atoms with Gasteiger partial charge in [0.2, 0.25) is 5.91 Å². The molecule has 0 spiro atoms. The molecule has 0 unspecified atom stereocenters. The van der Waals surface area contributed by atoms with Crippen molar-refractivity contribution in [1.82, 2.24) is 15.2 Å². The molecule has 6 rings (SSSR count). The van der Waals surface area contributed by atoms with Crippen LogP contribution in [-0.2, 0) is 11.3 Å². The van der Waals surface area contributed by atoms with Crippen LogP contribution < -0.4 is 10.2 Å². The minimum Gasteiger partial charge on any atom is -0.370 e. The second-order valence-corrected chi connectivity index (χ2v) is 10.3. The molecule has 7 nitrogen and oxygen atoms in total. The highest BCUT2D eigenvalue weighted by molar-refractivity contribution is 6.23. The Bertz CT molecular complexity index is 1560. The van der Waals surface area contributed by atoms with Gasteiger partial charge >= 0.3 is 0 Å². The van der Waals surface area contributed by atoms with Crippen molar-refractivity contribution in [2.75, 3.05) is 18.0 Å². The van der Waals surface area contributed by atoms with E-state index in [2.05, 4.69) is 39.5 Å². The topological polar surface area (TPSA) is 82.6 Å². The normalized spacial score (nSPS) is 17.8. The molecule has 2 aliphatic heterocycles. The van der Waals surface area contributed by atoms with Crippen LogP contribution in [0.4, 0.5) is 5.69 Å². The van der Waals surface area contributed by atoms with Crippen molar-refractivity contribution in [3.63, 3.8) is 0 Å². The zero-order valence-corrected chi connectivity index (χ0v) is 21.8. The number of benzene rings is 3. The van der Waals surface area contributed by atoms with E-state index in [-0.39, 0.29) is 36.2 Å². The van der Waals surface area contributed by atoms with E-state index in [0.29, 0.717) is 17.7 Å². The van der Waals surface area contributed by atoms with E-state index in [9.17, 15) is 14.4 Å². The third-order valence-corrected chi connectivity index (χ3v) is 7.85. The monoisotopic (exact) mass is 518 g/mol. The van der Waals surface area contributed by atoms with E-state index >= 15 is 0 Å². The highest BCUT2D eigenvalue weighted by Gasteiger charge is 2.39. The number of piperidine rings is 1. The van der Waals surface area contributed by atoms with Gasteiger partial charge in [0.05, 0.1) is 35.3 Å². The van der Waals surface area contributed by atoms with E-state index in [0.717, 1.165) is 47.0 Å². The van der Waals surface area contributed by atoms with Crippen LogP contribution in [0.1, 0.15) is 57.7 Å². The van der Waals surface area contributed by atoms with E-state index in [1.165, 1.54) is 4.90 Å². The Morgan fingerprint density at radius 1 is 0.974 bits per heavy atom. The molecule has 2 aliphatic rings. The fraction of sp³-hybridized carbons (Fsp3) is 0.250. The molecule has 3 heterocycles. The summed E-state index contributed by atoms with van der Waals surface area (Å²) in [6.45, 7) is 3.44. The lowest BCUT2D eigenvalue weighted by molar-refractivity contribution is -0.125. The quantitative estimate of drug-likeness (QED) is 0.358. The number of fused-ring (bicyclic) bond motifs is 2. The molecule has 3 aromatic carbocycles. The first-order valence-electron chi connectivity index (χ1n) is 13.4. The van der Waals surface area contributed by atoms with Crippen LogP contribution in [0.5, 0.6) is 0 Å². The molecular weight excluding hydrogens is 488 g/mol. The van der Waals surface area contributed by atoms with Gasteiger partial charge in [0.25, 0.3) is 11.8 Å². The number of pyridine rings is 1. The zero-order valence-electron chi connectivity index (χ0n) is 21.8. The lowest BCUT2D eigenvalue weighted by Gasteiger charge is -2.35. The third kappa shape index (κ3) is 4.65. The summed E-state index contributed by atoms with van der Waals surface area (Å²) in [5.74, 6) is -0.788. The van der Waals surface area contributed by atoms with Crippen LogP contribution in [0.2, 0.25) is 0 Å². The molecule has 1 N–H and O–H groups in total. The number of hydrogen-bond donors (Lipinski definition) is 1. The second kappa shape index (κ2) is 10.3. The first kappa shape index (κ1) is 24.8. The Hall–Kier alpha value is -4.52. The zero-order chi connectivity index (χ0) is 26.9. The summed E-state index contributed by atoms with van der Waals surface area (Å²) < 4.78 is 0. The Labute approximate surface area is 227 Å². The first-order chi connectivity index (χ1) is 19.0. The molecule has 2 atom stereocenters. The third-order valence-electron chi connectivity index (χ3n) is 7.85. The summed E-state index contributed by atoms with van der Waals surface area (Å²) in [5, 5.41) is 5.52. The van der Waals surface area contributed by atoms with Gasteiger partial charge in [-0.15, -0.1) is 0 Å². The summed E-state index contributed by atoms with van der Waals surface area (Å²) in [5.41, 5.74) is 3.51. The SMILES string of the molecule is C[C@H](NC(=O)[C@H]1CCCN(c2cccc3c2C(=O)N(Cc2ccncc2)C3=O)C1)c1cccc2ccccc12. The lowest BCUT2D eigenvalue weighted by Crippen LogP contribution is -2.44. The number of carbonyl (C=O) groups is 3. The number of aromatic nitrogens is 1. The number of anilines is 1.